The molecule has 0 radical (unpaired) electrons. The molecule has 0 amide bonds. The van der Waals surface area contributed by atoms with E-state index in [1.54, 1.807) is 0 Å². The molecule has 1 rings (SSSR count). The molecule has 0 saturated carbocycles. The zero-order chi connectivity index (χ0) is 9.19. The number of carbonyl (C=O) groups excluding carboxylic acids is 1. The Morgan fingerprint density at radius 1 is 1.31 bits per heavy atom. The molecule has 64 valence electrons. The summed E-state index contributed by atoms with van der Waals surface area (Å²) >= 11 is 0. The quantitative estimate of drug-likeness (QED) is 0.303. The fourth-order valence-corrected chi connectivity index (χ4v) is 1.27. The molecule has 0 aliphatic rings. The van der Waals surface area contributed by atoms with E-state index in [1.807, 2.05) is 0 Å². The predicted octanol–water partition coefficient (Wildman–Crippen LogP) is -2.59. The van der Waals surface area contributed by atoms with Crippen molar-refractivity contribution in [2.45, 2.75) is 4.90 Å². The van der Waals surface area contributed by atoms with E-state index in [2.05, 4.69) is 0 Å². The van der Waals surface area contributed by atoms with Crippen molar-refractivity contribution in [2.24, 2.45) is 0 Å². The maximum absolute atomic E-state index is 10.4. The second-order valence-electron chi connectivity index (χ2n) is 2.14. The van der Waals surface area contributed by atoms with E-state index in [9.17, 15) is 17.8 Å². The summed E-state index contributed by atoms with van der Waals surface area (Å²) in [6, 6.07) is 4.95. The Labute approximate surface area is 98.0 Å². The van der Waals surface area contributed by atoms with Crippen LogP contribution in [0.15, 0.2) is 29.2 Å². The fourth-order valence-electron chi connectivity index (χ4n) is 0.743. The molecule has 0 aliphatic heterocycles. The summed E-state index contributed by atoms with van der Waals surface area (Å²) < 4.78 is 31.3. The minimum Gasteiger partial charge on any atom is -0.744 e. The first-order valence-corrected chi connectivity index (χ1v) is 4.46. The summed E-state index contributed by atoms with van der Waals surface area (Å²) in [5.74, 6) is 0. The molecule has 1 aromatic rings. The molecule has 0 fully saturated rings. The summed E-state index contributed by atoms with van der Waals surface area (Å²) in [6.07, 6.45) is 0.481. The minimum atomic E-state index is -4.44. The van der Waals surface area contributed by atoms with Crippen LogP contribution in [0.2, 0.25) is 0 Å². The SMILES string of the molecule is O=Cc1cccc(S(=O)(=O)[O-])c1.[Na+]. The van der Waals surface area contributed by atoms with Crippen molar-refractivity contribution in [1.82, 2.24) is 0 Å². The number of hydrogen-bond donors (Lipinski definition) is 0. The van der Waals surface area contributed by atoms with Gasteiger partial charge in [-0.1, -0.05) is 12.1 Å². The van der Waals surface area contributed by atoms with E-state index >= 15 is 0 Å². The molecule has 0 aromatic heterocycles. The number of benzene rings is 1. The van der Waals surface area contributed by atoms with Crippen molar-refractivity contribution in [2.75, 3.05) is 0 Å². The van der Waals surface area contributed by atoms with Gasteiger partial charge in [-0.25, -0.2) is 8.42 Å². The van der Waals surface area contributed by atoms with Gasteiger partial charge in [0.05, 0.1) is 4.90 Å². The monoisotopic (exact) mass is 208 g/mol. The van der Waals surface area contributed by atoms with E-state index in [1.165, 1.54) is 12.1 Å². The maximum atomic E-state index is 10.4. The van der Waals surface area contributed by atoms with E-state index in [0.717, 1.165) is 12.1 Å². The first-order valence-electron chi connectivity index (χ1n) is 3.05. The van der Waals surface area contributed by atoms with Gasteiger partial charge in [0.25, 0.3) is 0 Å². The summed E-state index contributed by atoms with van der Waals surface area (Å²) in [5, 5.41) is 0. The molecule has 0 spiro atoms. The van der Waals surface area contributed by atoms with Crippen LogP contribution in [0.4, 0.5) is 0 Å². The molecule has 13 heavy (non-hydrogen) atoms. The van der Waals surface area contributed by atoms with Crippen molar-refractivity contribution in [3.05, 3.63) is 29.8 Å². The standard InChI is InChI=1S/C7H6O4S.Na/c8-5-6-2-1-3-7(4-6)12(9,10)11;/h1-5H,(H,9,10,11);/q;+1/p-1. The van der Waals surface area contributed by atoms with Crippen LogP contribution < -0.4 is 29.6 Å². The summed E-state index contributed by atoms with van der Waals surface area (Å²) in [6.45, 7) is 0. The second-order valence-corrected chi connectivity index (χ2v) is 3.52. The third-order valence-electron chi connectivity index (χ3n) is 1.28. The van der Waals surface area contributed by atoms with Crippen LogP contribution in [0.25, 0.3) is 0 Å². The van der Waals surface area contributed by atoms with Crippen molar-refractivity contribution in [1.29, 1.82) is 0 Å². The van der Waals surface area contributed by atoms with Crippen LogP contribution in [-0.2, 0) is 10.1 Å². The van der Waals surface area contributed by atoms with Gasteiger partial charge in [0.15, 0.2) is 0 Å². The molecule has 0 bridgehead atoms. The average molecular weight is 208 g/mol. The molecule has 0 heterocycles. The van der Waals surface area contributed by atoms with Gasteiger partial charge in [-0.2, -0.15) is 0 Å². The van der Waals surface area contributed by atoms with Crippen LogP contribution in [0.5, 0.6) is 0 Å². The second kappa shape index (κ2) is 4.88. The summed E-state index contributed by atoms with van der Waals surface area (Å²) in [7, 11) is -4.44. The van der Waals surface area contributed by atoms with Crippen LogP contribution in [-0.4, -0.2) is 19.3 Å². The van der Waals surface area contributed by atoms with Gasteiger partial charge in [-0.15, -0.1) is 0 Å². The normalized spacial score (nSPS) is 10.2. The largest absolute Gasteiger partial charge is 1.00 e. The van der Waals surface area contributed by atoms with E-state index < -0.39 is 10.1 Å². The molecule has 1 aromatic carbocycles. The third-order valence-corrected chi connectivity index (χ3v) is 2.11. The van der Waals surface area contributed by atoms with Gasteiger partial charge in [-0.3, -0.25) is 4.79 Å². The van der Waals surface area contributed by atoms with Crippen molar-refractivity contribution >= 4 is 16.4 Å². The predicted molar refractivity (Wildman–Crippen MR) is 39.8 cm³/mol. The molecule has 0 atom stereocenters. The zero-order valence-corrected chi connectivity index (χ0v) is 9.74. The summed E-state index contributed by atoms with van der Waals surface area (Å²) in [5.41, 5.74) is 0.173. The maximum Gasteiger partial charge on any atom is 1.00 e. The van der Waals surface area contributed by atoms with E-state index in [-0.39, 0.29) is 40.0 Å². The Hall–Kier alpha value is -0.200. The Morgan fingerprint density at radius 3 is 2.38 bits per heavy atom. The Morgan fingerprint density at radius 2 is 1.92 bits per heavy atom. The van der Waals surface area contributed by atoms with Gasteiger partial charge < -0.3 is 4.55 Å². The molecular formula is C7H5NaO4S. The van der Waals surface area contributed by atoms with Crippen molar-refractivity contribution in [3.8, 4) is 0 Å². The average Bonchev–Trinajstić information content (AvgIpc) is 2.03. The Balaban J connectivity index is 0.00000144. The van der Waals surface area contributed by atoms with Crippen LogP contribution in [0.1, 0.15) is 10.4 Å². The Bertz CT molecular complexity index is 399. The van der Waals surface area contributed by atoms with Crippen LogP contribution in [0, 0.1) is 0 Å². The van der Waals surface area contributed by atoms with E-state index in [0.29, 0.717) is 6.29 Å². The van der Waals surface area contributed by atoms with Gasteiger partial charge in [0.2, 0.25) is 0 Å². The summed E-state index contributed by atoms with van der Waals surface area (Å²) in [4.78, 5) is 9.81. The minimum absolute atomic E-state index is 0. The first-order chi connectivity index (χ1) is 5.54. The number of rotatable bonds is 2. The van der Waals surface area contributed by atoms with Gasteiger partial charge >= 0.3 is 29.6 Å². The molecule has 0 saturated heterocycles. The molecule has 0 N–H and O–H groups in total. The third kappa shape index (κ3) is 3.58. The van der Waals surface area contributed by atoms with Crippen LogP contribution in [0.3, 0.4) is 0 Å². The molecule has 6 heteroatoms. The number of carbonyl (C=O) groups is 1. The van der Waals surface area contributed by atoms with E-state index in [4.69, 9.17) is 0 Å². The van der Waals surface area contributed by atoms with Crippen molar-refractivity contribution < 1.29 is 47.3 Å². The van der Waals surface area contributed by atoms with Crippen molar-refractivity contribution in [3.63, 3.8) is 0 Å². The molecular weight excluding hydrogens is 203 g/mol. The number of hydrogen-bond acceptors (Lipinski definition) is 4. The van der Waals surface area contributed by atoms with Gasteiger partial charge in [0, 0.05) is 5.56 Å². The first kappa shape index (κ1) is 12.8. The smallest absolute Gasteiger partial charge is 0.744 e. The molecule has 0 aliphatic carbocycles. The fraction of sp³-hybridized carbons (Fsp3) is 0. The Kier molecular flexibility index (Phi) is 4.80. The van der Waals surface area contributed by atoms with Gasteiger partial charge in [0.1, 0.15) is 16.4 Å². The number of aldehydes is 1. The zero-order valence-electron chi connectivity index (χ0n) is 6.93. The van der Waals surface area contributed by atoms with Gasteiger partial charge in [-0.05, 0) is 12.1 Å². The van der Waals surface area contributed by atoms with Crippen LogP contribution >= 0.6 is 0 Å². The molecule has 0 unspecified atom stereocenters. The molecule has 4 nitrogen and oxygen atoms in total. The topological polar surface area (TPSA) is 74.3 Å².